The van der Waals surface area contributed by atoms with Crippen molar-refractivity contribution >= 4 is 45.0 Å². The van der Waals surface area contributed by atoms with Gasteiger partial charge in [0, 0.05) is 23.5 Å². The fourth-order valence-corrected chi connectivity index (χ4v) is 4.21. The Balaban J connectivity index is 1.51. The van der Waals surface area contributed by atoms with E-state index in [2.05, 4.69) is 5.10 Å². The molecule has 0 atom stereocenters. The molecule has 7 nitrogen and oxygen atoms in total. The number of carbonyl (C=O) groups excluding carboxylic acids is 2. The molecule has 0 aliphatic carbocycles. The van der Waals surface area contributed by atoms with Crippen LogP contribution >= 0.6 is 22.9 Å². The van der Waals surface area contributed by atoms with E-state index >= 15 is 0 Å². The van der Waals surface area contributed by atoms with E-state index < -0.39 is 5.97 Å². The molecule has 0 spiro atoms. The first-order valence-electron chi connectivity index (χ1n) is 8.80. The van der Waals surface area contributed by atoms with Crippen molar-refractivity contribution < 1.29 is 19.1 Å². The monoisotopic (exact) mass is 419 g/mol. The average Bonchev–Trinajstić information content (AvgIpc) is 3.28. The number of thiophene rings is 1. The lowest BCUT2D eigenvalue weighted by atomic mass is 10.3. The second kappa shape index (κ2) is 7.90. The van der Waals surface area contributed by atoms with E-state index in [0.29, 0.717) is 36.2 Å². The first kappa shape index (κ1) is 18.9. The Morgan fingerprint density at radius 2 is 1.96 bits per heavy atom. The van der Waals surface area contributed by atoms with Crippen LogP contribution in [0.15, 0.2) is 30.3 Å². The van der Waals surface area contributed by atoms with Crippen molar-refractivity contribution in [3.63, 3.8) is 0 Å². The van der Waals surface area contributed by atoms with Crippen LogP contribution in [-0.4, -0.2) is 59.5 Å². The fourth-order valence-electron chi connectivity index (χ4n) is 3.01. The maximum absolute atomic E-state index is 12.4. The van der Waals surface area contributed by atoms with E-state index in [1.54, 1.807) is 27.8 Å². The number of rotatable bonds is 4. The number of nitrogens with zero attached hydrogens (tertiary/aromatic N) is 3. The Bertz CT molecular complexity index is 1020. The molecule has 0 radical (unpaired) electrons. The summed E-state index contributed by atoms with van der Waals surface area (Å²) in [7, 11) is 0. The highest BCUT2D eigenvalue weighted by Crippen LogP contribution is 2.31. The van der Waals surface area contributed by atoms with E-state index in [0.717, 1.165) is 21.6 Å². The molecule has 0 bridgehead atoms. The summed E-state index contributed by atoms with van der Waals surface area (Å²) in [5, 5.41) is 6.07. The van der Waals surface area contributed by atoms with Gasteiger partial charge < -0.3 is 14.4 Å². The molecular weight excluding hydrogens is 402 g/mol. The molecule has 1 aromatic carbocycles. The highest BCUT2D eigenvalue weighted by Gasteiger charge is 2.21. The standard InChI is InChI=1S/C19H18ClN3O4S/c1-12-15-10-16(19(25)27-11-17(24)22-6-8-26-9-7-22)28-18(15)23(21-12)14-4-2-13(20)3-5-14/h2-5,10H,6-9,11H2,1H3. The van der Waals surface area contributed by atoms with E-state index in [1.807, 2.05) is 19.1 Å². The number of ether oxygens (including phenoxy) is 2. The number of aromatic nitrogens is 2. The van der Waals surface area contributed by atoms with E-state index in [1.165, 1.54) is 11.3 Å². The fraction of sp³-hybridized carbons (Fsp3) is 0.316. The summed E-state index contributed by atoms with van der Waals surface area (Å²) in [5.41, 5.74) is 1.66. The summed E-state index contributed by atoms with van der Waals surface area (Å²) < 4.78 is 12.2. The zero-order valence-electron chi connectivity index (χ0n) is 15.2. The highest BCUT2D eigenvalue weighted by atomic mass is 35.5. The largest absolute Gasteiger partial charge is 0.451 e. The van der Waals surface area contributed by atoms with Crippen molar-refractivity contribution in [2.24, 2.45) is 0 Å². The average molecular weight is 420 g/mol. The molecule has 28 heavy (non-hydrogen) atoms. The SMILES string of the molecule is Cc1nn(-c2ccc(Cl)cc2)c2sc(C(=O)OCC(=O)N3CCOCC3)cc12. The molecule has 2 aromatic heterocycles. The van der Waals surface area contributed by atoms with E-state index in [4.69, 9.17) is 21.1 Å². The number of aryl methyl sites for hydroxylation is 1. The van der Waals surface area contributed by atoms with Crippen molar-refractivity contribution in [2.75, 3.05) is 32.9 Å². The van der Waals surface area contributed by atoms with Crippen LogP contribution < -0.4 is 0 Å². The normalized spacial score (nSPS) is 14.4. The lowest BCUT2D eigenvalue weighted by molar-refractivity contribution is -0.138. The molecule has 1 aliphatic rings. The number of hydrogen-bond donors (Lipinski definition) is 0. The number of hydrogen-bond acceptors (Lipinski definition) is 6. The van der Waals surface area contributed by atoms with Crippen LogP contribution in [-0.2, 0) is 14.3 Å². The van der Waals surface area contributed by atoms with Gasteiger partial charge in [0.2, 0.25) is 0 Å². The zero-order valence-corrected chi connectivity index (χ0v) is 16.8. The first-order chi connectivity index (χ1) is 13.5. The molecule has 4 rings (SSSR count). The Morgan fingerprint density at radius 1 is 1.25 bits per heavy atom. The molecule has 0 N–H and O–H groups in total. The van der Waals surface area contributed by atoms with Gasteiger partial charge >= 0.3 is 5.97 Å². The molecule has 3 aromatic rings. The van der Waals surface area contributed by atoms with Gasteiger partial charge in [-0.1, -0.05) is 11.6 Å². The second-order valence-electron chi connectivity index (χ2n) is 6.37. The van der Waals surface area contributed by atoms with Gasteiger partial charge in [-0.05, 0) is 37.3 Å². The number of fused-ring (bicyclic) bond motifs is 1. The topological polar surface area (TPSA) is 73.7 Å². The number of amides is 1. The van der Waals surface area contributed by atoms with Gasteiger partial charge in [0.05, 0.1) is 24.6 Å². The summed E-state index contributed by atoms with van der Waals surface area (Å²) in [6.07, 6.45) is 0. The number of carbonyl (C=O) groups is 2. The summed E-state index contributed by atoms with van der Waals surface area (Å²) in [5.74, 6) is -0.717. The van der Waals surface area contributed by atoms with E-state index in [-0.39, 0.29) is 12.5 Å². The van der Waals surface area contributed by atoms with Gasteiger partial charge in [-0.2, -0.15) is 5.10 Å². The quantitative estimate of drug-likeness (QED) is 0.607. The van der Waals surface area contributed by atoms with Crippen molar-refractivity contribution in [1.29, 1.82) is 0 Å². The van der Waals surface area contributed by atoms with Gasteiger partial charge in [-0.25, -0.2) is 9.48 Å². The van der Waals surface area contributed by atoms with Gasteiger partial charge in [0.15, 0.2) is 6.61 Å². The van der Waals surface area contributed by atoms with Crippen molar-refractivity contribution in [1.82, 2.24) is 14.7 Å². The second-order valence-corrected chi connectivity index (χ2v) is 7.84. The smallest absolute Gasteiger partial charge is 0.348 e. The number of halogens is 1. The van der Waals surface area contributed by atoms with Gasteiger partial charge in [-0.3, -0.25) is 4.79 Å². The molecule has 9 heteroatoms. The lowest BCUT2D eigenvalue weighted by Gasteiger charge is -2.26. The number of benzene rings is 1. The van der Waals surface area contributed by atoms with Gasteiger partial charge in [0.25, 0.3) is 5.91 Å². The van der Waals surface area contributed by atoms with Crippen LogP contribution in [0.2, 0.25) is 5.02 Å². The highest BCUT2D eigenvalue weighted by molar-refractivity contribution is 7.20. The molecule has 0 unspecified atom stereocenters. The Kier molecular flexibility index (Phi) is 5.34. The predicted octanol–water partition coefficient (Wildman–Crippen LogP) is 3.06. The number of esters is 1. The maximum Gasteiger partial charge on any atom is 0.348 e. The van der Waals surface area contributed by atoms with Crippen molar-refractivity contribution in [3.8, 4) is 5.69 Å². The third kappa shape index (κ3) is 3.76. The third-order valence-corrected chi connectivity index (χ3v) is 5.85. The molecule has 1 fully saturated rings. The Labute approximate surface area is 170 Å². The van der Waals surface area contributed by atoms with Gasteiger partial charge in [0.1, 0.15) is 9.71 Å². The number of morpholine rings is 1. The molecule has 1 saturated heterocycles. The molecule has 1 aliphatic heterocycles. The van der Waals surface area contributed by atoms with Gasteiger partial charge in [-0.15, -0.1) is 11.3 Å². The minimum Gasteiger partial charge on any atom is -0.451 e. The maximum atomic E-state index is 12.4. The third-order valence-electron chi connectivity index (χ3n) is 4.51. The molecular formula is C19H18ClN3O4S. The molecule has 0 saturated carbocycles. The molecule has 146 valence electrons. The molecule has 1 amide bonds. The summed E-state index contributed by atoms with van der Waals surface area (Å²) in [4.78, 5) is 27.5. The predicted molar refractivity (Wildman–Crippen MR) is 106 cm³/mol. The first-order valence-corrected chi connectivity index (χ1v) is 10.00. The Hall–Kier alpha value is -2.42. The van der Waals surface area contributed by atoms with Crippen molar-refractivity contribution in [2.45, 2.75) is 6.92 Å². The lowest BCUT2D eigenvalue weighted by Crippen LogP contribution is -2.42. The van der Waals surface area contributed by atoms with Crippen LogP contribution in [0.3, 0.4) is 0 Å². The van der Waals surface area contributed by atoms with Crippen LogP contribution in [0, 0.1) is 6.92 Å². The zero-order chi connectivity index (χ0) is 19.7. The van der Waals surface area contributed by atoms with Crippen molar-refractivity contribution in [3.05, 3.63) is 45.9 Å². The van der Waals surface area contributed by atoms with Crippen LogP contribution in [0.4, 0.5) is 0 Å². The van der Waals surface area contributed by atoms with Crippen LogP contribution in [0.1, 0.15) is 15.4 Å². The Morgan fingerprint density at radius 3 is 2.68 bits per heavy atom. The minimum atomic E-state index is -0.509. The minimum absolute atomic E-state index is 0.207. The van der Waals surface area contributed by atoms with Crippen LogP contribution in [0.25, 0.3) is 15.9 Å². The summed E-state index contributed by atoms with van der Waals surface area (Å²) in [6, 6.07) is 9.08. The van der Waals surface area contributed by atoms with E-state index in [9.17, 15) is 9.59 Å². The van der Waals surface area contributed by atoms with Crippen LogP contribution in [0.5, 0.6) is 0 Å². The molecule has 3 heterocycles. The summed E-state index contributed by atoms with van der Waals surface area (Å²) in [6.45, 7) is 3.69. The summed E-state index contributed by atoms with van der Waals surface area (Å²) >= 11 is 7.25.